The van der Waals surface area contributed by atoms with Crippen molar-refractivity contribution in [3.05, 3.63) is 130 Å². The maximum Gasteiger partial charge on any atom is 0.407 e. The van der Waals surface area contributed by atoms with Gasteiger partial charge < -0.3 is 19.9 Å². The van der Waals surface area contributed by atoms with E-state index in [9.17, 15) is 24.8 Å². The third-order valence-electron chi connectivity index (χ3n) is 6.60. The summed E-state index contributed by atoms with van der Waals surface area (Å²) in [5.74, 6) is -1.06. The van der Waals surface area contributed by atoms with Crippen molar-refractivity contribution in [2.75, 3.05) is 6.61 Å². The predicted octanol–water partition coefficient (Wildman–Crippen LogP) is 5.14. The molecule has 1 amide bonds. The second kappa shape index (κ2) is 11.2. The number of alkyl carbamates (subject to hydrolysis) is 1. The molecule has 0 bridgehead atoms. The number of rotatable bonds is 8. The van der Waals surface area contributed by atoms with Gasteiger partial charge in [-0.1, -0.05) is 78.9 Å². The molecule has 1 aliphatic carbocycles. The lowest BCUT2D eigenvalue weighted by molar-refractivity contribution is -0.386. The number of nitrogens with one attached hydrogen (secondary N) is 1. The predicted molar refractivity (Wildman–Crippen MR) is 142 cm³/mol. The van der Waals surface area contributed by atoms with Gasteiger partial charge in [-0.3, -0.25) is 10.1 Å². The molecule has 0 spiro atoms. The van der Waals surface area contributed by atoms with Crippen molar-refractivity contribution in [3.8, 4) is 16.9 Å². The Morgan fingerprint density at radius 3 is 2.05 bits per heavy atom. The van der Waals surface area contributed by atoms with Crippen molar-refractivity contribution in [1.29, 1.82) is 0 Å². The summed E-state index contributed by atoms with van der Waals surface area (Å²) in [5, 5.41) is 25.0. The molecule has 0 saturated carbocycles. The van der Waals surface area contributed by atoms with E-state index in [-0.39, 0.29) is 23.8 Å². The molecule has 0 saturated heterocycles. The molecule has 5 rings (SSSR count). The van der Waals surface area contributed by atoms with Crippen LogP contribution in [0.5, 0.6) is 5.75 Å². The Kier molecular flexibility index (Phi) is 7.33. The SMILES string of the molecule is O=C(N[C@@H](C(=O)Oc1ccccc1)[C@H](O)c1ccccc1[N+](=O)[O-])OCC1c2ccccc2-c2ccccc21. The first-order chi connectivity index (χ1) is 18.9. The van der Waals surface area contributed by atoms with Gasteiger partial charge in [0, 0.05) is 12.0 Å². The topological polar surface area (TPSA) is 128 Å². The maximum atomic E-state index is 13.1. The van der Waals surface area contributed by atoms with Crippen LogP contribution in [0.2, 0.25) is 0 Å². The number of amides is 1. The van der Waals surface area contributed by atoms with E-state index in [1.807, 2.05) is 48.5 Å². The van der Waals surface area contributed by atoms with Crippen LogP contribution in [0, 0.1) is 10.1 Å². The molecule has 2 atom stereocenters. The summed E-state index contributed by atoms with van der Waals surface area (Å²) >= 11 is 0. The average molecular weight is 525 g/mol. The summed E-state index contributed by atoms with van der Waals surface area (Å²) in [6.07, 6.45) is -2.77. The Hall–Kier alpha value is -5.02. The fraction of sp³-hybridized carbons (Fsp3) is 0.133. The largest absolute Gasteiger partial charge is 0.449 e. The molecule has 9 heteroatoms. The van der Waals surface area contributed by atoms with Crippen LogP contribution in [0.4, 0.5) is 10.5 Å². The first-order valence-electron chi connectivity index (χ1n) is 12.2. The standard InChI is InChI=1S/C30H24N2O7/c33-28(24-16-8-9-17-26(24)32(36)37)27(29(34)39-19-10-2-1-3-11-19)31-30(35)38-18-25-22-14-6-4-12-20(22)21-13-5-7-15-23(21)25/h1-17,25,27-28,33H,18H2,(H,31,35)/t27-,28-/m1/s1. The molecule has 1 aliphatic rings. The number of carbonyl (C=O) groups is 2. The van der Waals surface area contributed by atoms with Crippen LogP contribution in [0.15, 0.2) is 103 Å². The first kappa shape index (κ1) is 25.6. The number of aliphatic hydroxyl groups excluding tert-OH is 1. The number of esters is 1. The Morgan fingerprint density at radius 2 is 1.41 bits per heavy atom. The molecule has 0 unspecified atom stereocenters. The lowest BCUT2D eigenvalue weighted by Crippen LogP contribution is -2.47. The summed E-state index contributed by atoms with van der Waals surface area (Å²) in [4.78, 5) is 36.9. The van der Waals surface area contributed by atoms with E-state index in [0.29, 0.717) is 0 Å². The lowest BCUT2D eigenvalue weighted by atomic mass is 9.98. The molecule has 4 aromatic rings. The summed E-state index contributed by atoms with van der Waals surface area (Å²) in [7, 11) is 0. The highest BCUT2D eigenvalue weighted by Gasteiger charge is 2.36. The van der Waals surface area contributed by atoms with Crippen LogP contribution < -0.4 is 10.1 Å². The number of para-hydroxylation sites is 2. The van der Waals surface area contributed by atoms with E-state index in [1.165, 1.54) is 36.4 Å². The number of ether oxygens (including phenoxy) is 2. The molecule has 39 heavy (non-hydrogen) atoms. The quantitative estimate of drug-likeness (QED) is 0.141. The molecule has 0 radical (unpaired) electrons. The highest BCUT2D eigenvalue weighted by Crippen LogP contribution is 2.44. The summed E-state index contributed by atoms with van der Waals surface area (Å²) in [6, 6.07) is 27.5. The molecule has 2 N–H and O–H groups in total. The zero-order valence-corrected chi connectivity index (χ0v) is 20.6. The van der Waals surface area contributed by atoms with Gasteiger partial charge in [0.25, 0.3) is 5.69 Å². The van der Waals surface area contributed by atoms with Gasteiger partial charge in [-0.15, -0.1) is 0 Å². The highest BCUT2D eigenvalue weighted by atomic mass is 16.6. The third kappa shape index (κ3) is 5.34. The fourth-order valence-corrected chi connectivity index (χ4v) is 4.79. The number of nitro benzene ring substituents is 1. The minimum Gasteiger partial charge on any atom is -0.449 e. The van der Waals surface area contributed by atoms with Crippen LogP contribution in [0.1, 0.15) is 28.7 Å². The second-order valence-electron chi connectivity index (χ2n) is 8.94. The van der Waals surface area contributed by atoms with Gasteiger partial charge in [-0.25, -0.2) is 9.59 Å². The number of carbonyl (C=O) groups excluding carboxylic acids is 2. The minimum absolute atomic E-state index is 0.0259. The van der Waals surface area contributed by atoms with Crippen LogP contribution in [-0.2, 0) is 9.53 Å². The van der Waals surface area contributed by atoms with Gasteiger partial charge in [0.05, 0.1) is 10.5 Å². The van der Waals surface area contributed by atoms with Gasteiger partial charge in [0.15, 0.2) is 6.04 Å². The molecule has 0 heterocycles. The maximum absolute atomic E-state index is 13.1. The number of fused-ring (bicyclic) bond motifs is 3. The molecular formula is C30H24N2O7. The van der Waals surface area contributed by atoms with E-state index in [4.69, 9.17) is 9.47 Å². The van der Waals surface area contributed by atoms with Crippen molar-refractivity contribution in [2.24, 2.45) is 0 Å². The molecular weight excluding hydrogens is 500 g/mol. The molecule has 196 valence electrons. The minimum atomic E-state index is -1.79. The number of hydrogen-bond acceptors (Lipinski definition) is 7. The molecule has 0 aliphatic heterocycles. The first-order valence-corrected chi connectivity index (χ1v) is 12.2. The van der Waals surface area contributed by atoms with Crippen molar-refractivity contribution in [1.82, 2.24) is 5.32 Å². The number of benzene rings is 4. The summed E-state index contributed by atoms with van der Waals surface area (Å²) in [6.45, 7) is -0.0259. The molecule has 9 nitrogen and oxygen atoms in total. The van der Waals surface area contributed by atoms with E-state index >= 15 is 0 Å². The average Bonchev–Trinajstić information content (AvgIpc) is 3.28. The second-order valence-corrected chi connectivity index (χ2v) is 8.94. The normalized spacial score (nSPS) is 13.5. The fourth-order valence-electron chi connectivity index (χ4n) is 4.79. The van der Waals surface area contributed by atoms with E-state index in [0.717, 1.165) is 22.3 Å². The zero-order valence-electron chi connectivity index (χ0n) is 20.6. The zero-order chi connectivity index (χ0) is 27.4. The molecule has 0 fully saturated rings. The number of aliphatic hydroxyl groups is 1. The Balaban J connectivity index is 1.37. The molecule has 0 aromatic heterocycles. The molecule has 4 aromatic carbocycles. The van der Waals surface area contributed by atoms with Gasteiger partial charge in [-0.05, 0) is 40.5 Å². The van der Waals surface area contributed by atoms with Crippen molar-refractivity contribution >= 4 is 17.7 Å². The summed E-state index contributed by atoms with van der Waals surface area (Å²) < 4.78 is 10.9. The van der Waals surface area contributed by atoms with E-state index in [1.54, 1.807) is 18.2 Å². The number of hydrogen-bond donors (Lipinski definition) is 2. The lowest BCUT2D eigenvalue weighted by Gasteiger charge is -2.23. The Labute approximate surface area is 223 Å². The van der Waals surface area contributed by atoms with E-state index in [2.05, 4.69) is 5.32 Å². The number of nitro groups is 1. The van der Waals surface area contributed by atoms with Crippen molar-refractivity contribution in [3.63, 3.8) is 0 Å². The van der Waals surface area contributed by atoms with Crippen LogP contribution in [0.25, 0.3) is 11.1 Å². The van der Waals surface area contributed by atoms with E-state index < -0.39 is 34.8 Å². The smallest absolute Gasteiger partial charge is 0.407 e. The van der Waals surface area contributed by atoms with Crippen LogP contribution in [-0.4, -0.2) is 34.7 Å². The number of nitrogens with zero attached hydrogens (tertiary/aromatic N) is 1. The van der Waals surface area contributed by atoms with Gasteiger partial charge >= 0.3 is 12.1 Å². The van der Waals surface area contributed by atoms with Gasteiger partial charge in [0.1, 0.15) is 18.5 Å². The van der Waals surface area contributed by atoms with Crippen LogP contribution >= 0.6 is 0 Å². The third-order valence-corrected chi connectivity index (χ3v) is 6.60. The highest BCUT2D eigenvalue weighted by molar-refractivity contribution is 5.84. The van der Waals surface area contributed by atoms with Crippen LogP contribution in [0.3, 0.4) is 0 Å². The monoisotopic (exact) mass is 524 g/mol. The van der Waals surface area contributed by atoms with Crippen molar-refractivity contribution < 1.29 is 29.1 Å². The van der Waals surface area contributed by atoms with Gasteiger partial charge in [-0.2, -0.15) is 0 Å². The summed E-state index contributed by atoms with van der Waals surface area (Å²) in [5.41, 5.74) is 3.56. The Bertz CT molecular complexity index is 1480. The van der Waals surface area contributed by atoms with Gasteiger partial charge in [0.2, 0.25) is 0 Å². The Morgan fingerprint density at radius 1 is 0.846 bits per heavy atom. The van der Waals surface area contributed by atoms with Crippen molar-refractivity contribution in [2.45, 2.75) is 18.1 Å².